The molecule has 2 heterocycles. The van der Waals surface area contributed by atoms with Gasteiger partial charge in [-0.2, -0.15) is 0 Å². The summed E-state index contributed by atoms with van der Waals surface area (Å²) in [5, 5.41) is 0. The molecule has 1 aromatic carbocycles. The molecule has 4 nitrogen and oxygen atoms in total. The number of piperidine rings is 1. The number of aromatic nitrogens is 1. The van der Waals surface area contributed by atoms with E-state index in [9.17, 15) is 4.79 Å². The number of aryl methyl sites for hydroxylation is 1. The fourth-order valence-corrected chi connectivity index (χ4v) is 3.07. The molecule has 0 radical (unpaired) electrons. The third kappa shape index (κ3) is 4.57. The van der Waals surface area contributed by atoms with Crippen molar-refractivity contribution in [3.63, 3.8) is 0 Å². The van der Waals surface area contributed by atoms with E-state index in [1.165, 1.54) is 5.56 Å². The van der Waals surface area contributed by atoms with Crippen LogP contribution in [0.4, 0.5) is 0 Å². The maximum absolute atomic E-state index is 12.5. The molecule has 2 aromatic rings. The van der Waals surface area contributed by atoms with Crippen molar-refractivity contribution in [1.29, 1.82) is 0 Å². The van der Waals surface area contributed by atoms with E-state index >= 15 is 0 Å². The second-order valence-corrected chi connectivity index (χ2v) is 6.51. The second kappa shape index (κ2) is 7.95. The van der Waals surface area contributed by atoms with Gasteiger partial charge in [-0.05, 0) is 43.5 Å². The lowest BCUT2D eigenvalue weighted by Crippen LogP contribution is -2.42. The summed E-state index contributed by atoms with van der Waals surface area (Å²) in [6, 6.07) is 11.9. The zero-order chi connectivity index (χ0) is 16.8. The number of nitrogens with zero attached hydrogens (tertiary/aromatic N) is 2. The molecule has 0 unspecified atom stereocenters. The van der Waals surface area contributed by atoms with E-state index in [0.717, 1.165) is 37.2 Å². The smallest absolute Gasteiger partial charge is 0.227 e. The Balaban J connectivity index is 1.50. The lowest BCUT2D eigenvalue weighted by Gasteiger charge is -2.32. The summed E-state index contributed by atoms with van der Waals surface area (Å²) in [6.45, 7) is 4.36. The van der Waals surface area contributed by atoms with Gasteiger partial charge in [0.05, 0.1) is 13.0 Å². The number of pyridine rings is 1. The van der Waals surface area contributed by atoms with Crippen LogP contribution in [0, 0.1) is 12.8 Å². The van der Waals surface area contributed by atoms with Gasteiger partial charge < -0.3 is 9.64 Å². The lowest BCUT2D eigenvalue weighted by molar-refractivity contribution is -0.132. The molecule has 0 N–H and O–H groups in total. The highest BCUT2D eigenvalue weighted by atomic mass is 16.5. The van der Waals surface area contributed by atoms with Gasteiger partial charge in [-0.3, -0.25) is 9.78 Å². The van der Waals surface area contributed by atoms with Gasteiger partial charge in [-0.15, -0.1) is 0 Å². The first-order chi connectivity index (χ1) is 11.7. The van der Waals surface area contributed by atoms with Gasteiger partial charge in [0, 0.05) is 31.4 Å². The van der Waals surface area contributed by atoms with E-state index in [0.29, 0.717) is 18.9 Å². The molecule has 1 amide bonds. The van der Waals surface area contributed by atoms with Crippen molar-refractivity contribution in [3.05, 3.63) is 59.9 Å². The van der Waals surface area contributed by atoms with Gasteiger partial charge in [0.15, 0.2) is 0 Å². The van der Waals surface area contributed by atoms with Crippen molar-refractivity contribution >= 4 is 5.91 Å². The lowest BCUT2D eigenvalue weighted by atomic mass is 9.98. The van der Waals surface area contributed by atoms with Crippen LogP contribution < -0.4 is 4.74 Å². The van der Waals surface area contributed by atoms with E-state index in [1.54, 1.807) is 12.4 Å². The van der Waals surface area contributed by atoms with Gasteiger partial charge in [-0.1, -0.05) is 23.8 Å². The van der Waals surface area contributed by atoms with E-state index in [4.69, 9.17) is 4.74 Å². The first-order valence-electron chi connectivity index (χ1n) is 8.57. The maximum atomic E-state index is 12.5. The van der Waals surface area contributed by atoms with Crippen LogP contribution in [0.3, 0.4) is 0 Å². The minimum atomic E-state index is 0.183. The number of amides is 1. The van der Waals surface area contributed by atoms with Crippen molar-refractivity contribution in [2.24, 2.45) is 5.92 Å². The minimum Gasteiger partial charge on any atom is -0.493 e. The molecule has 0 saturated carbocycles. The van der Waals surface area contributed by atoms with Crippen LogP contribution in [-0.4, -0.2) is 35.5 Å². The highest BCUT2D eigenvalue weighted by molar-refractivity contribution is 5.78. The Morgan fingerprint density at radius 1 is 1.29 bits per heavy atom. The highest BCUT2D eigenvalue weighted by Crippen LogP contribution is 2.20. The Hall–Kier alpha value is -2.36. The molecule has 126 valence electrons. The number of hydrogen-bond donors (Lipinski definition) is 0. The largest absolute Gasteiger partial charge is 0.493 e. The predicted molar refractivity (Wildman–Crippen MR) is 93.9 cm³/mol. The van der Waals surface area contributed by atoms with Crippen LogP contribution >= 0.6 is 0 Å². The Labute approximate surface area is 143 Å². The monoisotopic (exact) mass is 324 g/mol. The Bertz CT molecular complexity index is 655. The standard InChI is InChI=1S/C20H24N2O2/c1-16-6-8-19(9-7-16)24-15-18-5-3-11-22(14-18)20(23)12-17-4-2-10-21-13-17/h2,4,6-10,13,18H,3,5,11-12,14-15H2,1H3/t18-/m0/s1. The average molecular weight is 324 g/mol. The number of carbonyl (C=O) groups excluding carboxylic acids is 1. The summed E-state index contributed by atoms with van der Waals surface area (Å²) in [6.07, 6.45) is 6.08. The summed E-state index contributed by atoms with van der Waals surface area (Å²) in [4.78, 5) is 18.5. The van der Waals surface area contributed by atoms with Gasteiger partial charge in [-0.25, -0.2) is 0 Å². The zero-order valence-corrected chi connectivity index (χ0v) is 14.1. The van der Waals surface area contributed by atoms with Crippen molar-refractivity contribution in [2.75, 3.05) is 19.7 Å². The van der Waals surface area contributed by atoms with Gasteiger partial charge in [0.2, 0.25) is 5.91 Å². The Morgan fingerprint density at radius 3 is 2.88 bits per heavy atom. The summed E-state index contributed by atoms with van der Waals surface area (Å²) >= 11 is 0. The molecule has 0 spiro atoms. The van der Waals surface area contributed by atoms with Gasteiger partial charge in [0.1, 0.15) is 5.75 Å². The summed E-state index contributed by atoms with van der Waals surface area (Å²) in [5.41, 5.74) is 2.20. The third-order valence-corrected chi connectivity index (χ3v) is 4.46. The molecule has 1 aliphatic heterocycles. The maximum Gasteiger partial charge on any atom is 0.227 e. The summed E-state index contributed by atoms with van der Waals surface area (Å²) in [7, 11) is 0. The van der Waals surface area contributed by atoms with Crippen molar-refractivity contribution in [1.82, 2.24) is 9.88 Å². The Morgan fingerprint density at radius 2 is 2.12 bits per heavy atom. The normalized spacial score (nSPS) is 17.5. The molecule has 1 atom stereocenters. The van der Waals surface area contributed by atoms with Crippen LogP contribution in [-0.2, 0) is 11.2 Å². The minimum absolute atomic E-state index is 0.183. The molecular weight excluding hydrogens is 300 g/mol. The first-order valence-corrected chi connectivity index (χ1v) is 8.57. The van der Waals surface area contributed by atoms with Crippen LogP contribution in [0.1, 0.15) is 24.0 Å². The number of hydrogen-bond acceptors (Lipinski definition) is 3. The number of carbonyl (C=O) groups is 1. The first kappa shape index (κ1) is 16.5. The number of rotatable bonds is 5. The molecular formula is C20H24N2O2. The van der Waals surface area contributed by atoms with Crippen LogP contribution in [0.25, 0.3) is 0 Å². The SMILES string of the molecule is Cc1ccc(OC[C@H]2CCCN(C(=O)Cc3cccnc3)C2)cc1. The van der Waals surface area contributed by atoms with E-state index in [1.807, 2.05) is 29.2 Å². The Kier molecular flexibility index (Phi) is 5.47. The summed E-state index contributed by atoms with van der Waals surface area (Å²) < 4.78 is 5.90. The topological polar surface area (TPSA) is 42.4 Å². The van der Waals surface area contributed by atoms with E-state index in [-0.39, 0.29) is 5.91 Å². The van der Waals surface area contributed by atoms with E-state index < -0.39 is 0 Å². The van der Waals surface area contributed by atoms with Gasteiger partial charge >= 0.3 is 0 Å². The highest BCUT2D eigenvalue weighted by Gasteiger charge is 2.24. The molecule has 1 saturated heterocycles. The fraction of sp³-hybridized carbons (Fsp3) is 0.400. The van der Waals surface area contributed by atoms with Crippen LogP contribution in [0.2, 0.25) is 0 Å². The molecule has 0 aliphatic carbocycles. The molecule has 1 aliphatic rings. The van der Waals surface area contributed by atoms with Crippen molar-refractivity contribution in [2.45, 2.75) is 26.2 Å². The predicted octanol–water partition coefficient (Wildman–Crippen LogP) is 3.25. The molecule has 0 bridgehead atoms. The van der Waals surface area contributed by atoms with Crippen molar-refractivity contribution in [3.8, 4) is 5.75 Å². The quantitative estimate of drug-likeness (QED) is 0.848. The van der Waals surface area contributed by atoms with Gasteiger partial charge in [0.25, 0.3) is 0 Å². The van der Waals surface area contributed by atoms with E-state index in [2.05, 4.69) is 24.0 Å². The van der Waals surface area contributed by atoms with Crippen LogP contribution in [0.15, 0.2) is 48.8 Å². The molecule has 4 heteroatoms. The second-order valence-electron chi connectivity index (χ2n) is 6.51. The fourth-order valence-electron chi connectivity index (χ4n) is 3.07. The van der Waals surface area contributed by atoms with Crippen molar-refractivity contribution < 1.29 is 9.53 Å². The molecule has 1 fully saturated rings. The number of likely N-dealkylation sites (tertiary alicyclic amines) is 1. The molecule has 1 aromatic heterocycles. The molecule has 24 heavy (non-hydrogen) atoms. The number of benzene rings is 1. The number of ether oxygens (including phenoxy) is 1. The third-order valence-electron chi connectivity index (χ3n) is 4.46. The molecule has 3 rings (SSSR count). The zero-order valence-electron chi connectivity index (χ0n) is 14.1. The van der Waals surface area contributed by atoms with Crippen LogP contribution in [0.5, 0.6) is 5.75 Å². The summed E-state index contributed by atoms with van der Waals surface area (Å²) in [5.74, 6) is 1.49. The average Bonchev–Trinajstić information content (AvgIpc) is 2.62.